The first-order valence-electron chi connectivity index (χ1n) is 3.55. The highest BCUT2D eigenvalue weighted by Crippen LogP contribution is 2.16. The van der Waals surface area contributed by atoms with Crippen molar-refractivity contribution in [1.29, 1.82) is 0 Å². The summed E-state index contributed by atoms with van der Waals surface area (Å²) in [6.07, 6.45) is 2.51. The van der Waals surface area contributed by atoms with Crippen LogP contribution < -0.4 is 5.73 Å². The quantitative estimate of drug-likeness (QED) is 0.684. The van der Waals surface area contributed by atoms with Crippen molar-refractivity contribution in [2.75, 3.05) is 6.54 Å². The van der Waals surface area contributed by atoms with E-state index in [0.717, 1.165) is 17.5 Å². The fourth-order valence-electron chi connectivity index (χ4n) is 1.00. The Balaban J connectivity index is 3.00. The highest BCUT2D eigenvalue weighted by Gasteiger charge is 2.02. The molecule has 1 heterocycles. The Bertz CT molecular complexity index is 228. The molecular weight excluding hydrogens is 160 g/mol. The molecule has 0 aliphatic carbocycles. The van der Waals surface area contributed by atoms with Crippen molar-refractivity contribution in [2.45, 2.75) is 13.3 Å². The molecule has 0 aliphatic heterocycles. The summed E-state index contributed by atoms with van der Waals surface area (Å²) in [5, 5.41) is 0.579. The third-order valence-electron chi connectivity index (χ3n) is 1.63. The molecule has 0 spiro atoms. The second-order valence-electron chi connectivity index (χ2n) is 2.44. The molecule has 0 unspecified atom stereocenters. The number of halogens is 1. The van der Waals surface area contributed by atoms with Crippen LogP contribution in [0.1, 0.15) is 11.1 Å². The van der Waals surface area contributed by atoms with E-state index in [1.165, 1.54) is 0 Å². The van der Waals surface area contributed by atoms with Crippen LogP contribution in [0, 0.1) is 6.92 Å². The van der Waals surface area contributed by atoms with E-state index in [1.54, 1.807) is 6.20 Å². The van der Waals surface area contributed by atoms with Crippen LogP contribution in [0.15, 0.2) is 12.3 Å². The van der Waals surface area contributed by atoms with Crippen LogP contribution in [0.4, 0.5) is 0 Å². The molecule has 0 aliphatic rings. The summed E-state index contributed by atoms with van der Waals surface area (Å²) in [5.74, 6) is 0. The fraction of sp³-hybridized carbons (Fsp3) is 0.375. The Hall–Kier alpha value is -0.600. The number of aryl methyl sites for hydroxylation is 1. The first-order valence-corrected chi connectivity index (χ1v) is 3.93. The first-order chi connectivity index (χ1) is 5.25. The van der Waals surface area contributed by atoms with Crippen molar-refractivity contribution in [3.8, 4) is 0 Å². The molecule has 0 aromatic carbocycles. The lowest BCUT2D eigenvalue weighted by atomic mass is 10.1. The van der Waals surface area contributed by atoms with Gasteiger partial charge in [0, 0.05) is 6.20 Å². The maximum atomic E-state index is 5.84. The SMILES string of the molecule is Cc1ccnc(Cl)c1CCN. The van der Waals surface area contributed by atoms with E-state index < -0.39 is 0 Å². The number of aromatic nitrogens is 1. The van der Waals surface area contributed by atoms with Crippen LogP contribution in [-0.4, -0.2) is 11.5 Å². The number of hydrogen-bond donors (Lipinski definition) is 1. The average Bonchev–Trinajstić information content (AvgIpc) is 1.97. The lowest BCUT2D eigenvalue weighted by molar-refractivity contribution is 0.947. The molecule has 2 N–H and O–H groups in total. The van der Waals surface area contributed by atoms with Crippen molar-refractivity contribution >= 4 is 11.6 Å². The van der Waals surface area contributed by atoms with Crippen LogP contribution >= 0.6 is 11.6 Å². The summed E-state index contributed by atoms with van der Waals surface area (Å²) < 4.78 is 0. The second-order valence-corrected chi connectivity index (χ2v) is 2.79. The zero-order chi connectivity index (χ0) is 8.27. The first kappa shape index (κ1) is 8.50. The van der Waals surface area contributed by atoms with Gasteiger partial charge in [0.05, 0.1) is 0 Å². The summed E-state index contributed by atoms with van der Waals surface area (Å²) in [6.45, 7) is 2.63. The van der Waals surface area contributed by atoms with Gasteiger partial charge in [-0.2, -0.15) is 0 Å². The van der Waals surface area contributed by atoms with Crippen LogP contribution in [0.3, 0.4) is 0 Å². The highest BCUT2D eigenvalue weighted by molar-refractivity contribution is 6.30. The van der Waals surface area contributed by atoms with Gasteiger partial charge in [0.1, 0.15) is 5.15 Å². The fourth-order valence-corrected chi connectivity index (χ4v) is 1.30. The van der Waals surface area contributed by atoms with E-state index in [0.29, 0.717) is 11.7 Å². The van der Waals surface area contributed by atoms with Gasteiger partial charge in [0.25, 0.3) is 0 Å². The van der Waals surface area contributed by atoms with Gasteiger partial charge in [-0.3, -0.25) is 0 Å². The number of rotatable bonds is 2. The maximum Gasteiger partial charge on any atom is 0.132 e. The summed E-state index contributed by atoms with van der Waals surface area (Å²) in [7, 11) is 0. The van der Waals surface area contributed by atoms with Gasteiger partial charge in [-0.15, -0.1) is 0 Å². The molecule has 0 fully saturated rings. The topological polar surface area (TPSA) is 38.9 Å². The van der Waals surface area contributed by atoms with Gasteiger partial charge in [-0.05, 0) is 37.1 Å². The molecule has 60 valence electrons. The van der Waals surface area contributed by atoms with Gasteiger partial charge in [-0.1, -0.05) is 11.6 Å². The summed E-state index contributed by atoms with van der Waals surface area (Å²) in [4.78, 5) is 3.97. The molecular formula is C8H11ClN2. The number of nitrogens with two attached hydrogens (primary N) is 1. The third kappa shape index (κ3) is 1.91. The van der Waals surface area contributed by atoms with Crippen molar-refractivity contribution in [2.24, 2.45) is 5.73 Å². The van der Waals surface area contributed by atoms with Crippen molar-refractivity contribution in [1.82, 2.24) is 4.98 Å². The average molecular weight is 171 g/mol. The predicted molar refractivity (Wildman–Crippen MR) is 46.7 cm³/mol. The second kappa shape index (κ2) is 3.69. The molecule has 3 heteroatoms. The Morgan fingerprint density at radius 2 is 2.36 bits per heavy atom. The molecule has 1 aromatic rings. The van der Waals surface area contributed by atoms with Crippen LogP contribution in [0.2, 0.25) is 5.15 Å². The monoisotopic (exact) mass is 170 g/mol. The zero-order valence-corrected chi connectivity index (χ0v) is 7.23. The van der Waals surface area contributed by atoms with Crippen molar-refractivity contribution < 1.29 is 0 Å². The van der Waals surface area contributed by atoms with Crippen LogP contribution in [0.5, 0.6) is 0 Å². The lowest BCUT2D eigenvalue weighted by Crippen LogP contribution is -2.05. The van der Waals surface area contributed by atoms with E-state index >= 15 is 0 Å². The van der Waals surface area contributed by atoms with Gasteiger partial charge in [0.2, 0.25) is 0 Å². The molecule has 0 amide bonds. The Morgan fingerprint density at radius 1 is 1.64 bits per heavy atom. The third-order valence-corrected chi connectivity index (χ3v) is 1.96. The predicted octanol–water partition coefficient (Wildman–Crippen LogP) is 1.54. The minimum atomic E-state index is 0.579. The summed E-state index contributed by atoms with van der Waals surface area (Å²) >= 11 is 5.84. The smallest absolute Gasteiger partial charge is 0.132 e. The lowest BCUT2D eigenvalue weighted by Gasteiger charge is -2.04. The van der Waals surface area contributed by atoms with E-state index in [9.17, 15) is 0 Å². The van der Waals surface area contributed by atoms with Gasteiger partial charge < -0.3 is 5.73 Å². The van der Waals surface area contributed by atoms with Crippen LogP contribution in [0.25, 0.3) is 0 Å². The standard InChI is InChI=1S/C8H11ClN2/c1-6-3-5-11-8(9)7(6)2-4-10/h3,5H,2,4,10H2,1H3. The minimum Gasteiger partial charge on any atom is -0.330 e. The Labute approximate surface area is 71.4 Å². The maximum absolute atomic E-state index is 5.84. The van der Waals surface area contributed by atoms with E-state index in [2.05, 4.69) is 4.98 Å². The molecule has 1 aromatic heterocycles. The van der Waals surface area contributed by atoms with E-state index in [4.69, 9.17) is 17.3 Å². The molecule has 0 saturated carbocycles. The largest absolute Gasteiger partial charge is 0.330 e. The van der Waals surface area contributed by atoms with Gasteiger partial charge >= 0.3 is 0 Å². The Kier molecular flexibility index (Phi) is 2.85. The summed E-state index contributed by atoms with van der Waals surface area (Å²) in [6, 6.07) is 1.94. The molecule has 0 bridgehead atoms. The van der Waals surface area contributed by atoms with Gasteiger partial charge in [-0.25, -0.2) is 4.98 Å². The summed E-state index contributed by atoms with van der Waals surface area (Å²) in [5.41, 5.74) is 7.64. The molecule has 0 radical (unpaired) electrons. The molecule has 1 rings (SSSR count). The molecule has 0 saturated heterocycles. The van der Waals surface area contributed by atoms with Gasteiger partial charge in [0.15, 0.2) is 0 Å². The Morgan fingerprint density at radius 3 is 2.91 bits per heavy atom. The van der Waals surface area contributed by atoms with Crippen LogP contribution in [-0.2, 0) is 6.42 Å². The van der Waals surface area contributed by atoms with E-state index in [-0.39, 0.29) is 0 Å². The zero-order valence-electron chi connectivity index (χ0n) is 6.47. The number of nitrogens with zero attached hydrogens (tertiary/aromatic N) is 1. The highest BCUT2D eigenvalue weighted by atomic mass is 35.5. The molecule has 0 atom stereocenters. The number of hydrogen-bond acceptors (Lipinski definition) is 2. The van der Waals surface area contributed by atoms with Crippen molar-refractivity contribution in [3.63, 3.8) is 0 Å². The van der Waals surface area contributed by atoms with Crippen molar-refractivity contribution in [3.05, 3.63) is 28.5 Å². The minimum absolute atomic E-state index is 0.579. The molecule has 11 heavy (non-hydrogen) atoms. The normalized spacial score (nSPS) is 10.1. The number of pyridine rings is 1. The molecule has 2 nitrogen and oxygen atoms in total. The van der Waals surface area contributed by atoms with E-state index in [1.807, 2.05) is 13.0 Å².